The van der Waals surface area contributed by atoms with Gasteiger partial charge < -0.3 is 30.5 Å². The van der Waals surface area contributed by atoms with Gasteiger partial charge in [0.25, 0.3) is 0 Å². The fraction of sp³-hybridized carbons (Fsp3) is 0.280. The maximum Gasteiger partial charge on any atom is 0.573 e. The molecule has 0 saturated carbocycles. The van der Waals surface area contributed by atoms with Gasteiger partial charge >= 0.3 is 18.3 Å². The Hall–Kier alpha value is -3.97. The second kappa shape index (κ2) is 14.1. The van der Waals surface area contributed by atoms with Gasteiger partial charge in [-0.3, -0.25) is 4.79 Å². The molecule has 38 heavy (non-hydrogen) atoms. The summed E-state index contributed by atoms with van der Waals surface area (Å²) in [7, 11) is 2.04. The SMILES string of the molecule is CN1CCC(C(=O)c2cccc(NC(=S)Nc3ccccc3OC(F)(F)F)c2)CC1.O=C(O)/C=C/C(=O)O. The number of thiocarbonyl (C=S) groups is 1. The Morgan fingerprint density at radius 1 is 1.00 bits per heavy atom. The van der Waals surface area contributed by atoms with E-state index in [0.29, 0.717) is 23.4 Å². The first-order valence-electron chi connectivity index (χ1n) is 11.2. The molecule has 0 aromatic heterocycles. The van der Waals surface area contributed by atoms with E-state index in [2.05, 4.69) is 20.3 Å². The summed E-state index contributed by atoms with van der Waals surface area (Å²) in [5, 5.41) is 21.3. The van der Waals surface area contributed by atoms with E-state index in [-0.39, 0.29) is 28.3 Å². The fourth-order valence-corrected chi connectivity index (χ4v) is 3.70. The van der Waals surface area contributed by atoms with Crippen molar-refractivity contribution in [2.45, 2.75) is 19.2 Å². The Morgan fingerprint density at radius 3 is 2.18 bits per heavy atom. The van der Waals surface area contributed by atoms with E-state index < -0.39 is 18.3 Å². The van der Waals surface area contributed by atoms with Gasteiger partial charge in [-0.05, 0) is 69.5 Å². The first-order valence-corrected chi connectivity index (χ1v) is 11.6. The number of Topliss-reactive ketones (excluding diaryl/α,β-unsaturated/α-hetero) is 1. The van der Waals surface area contributed by atoms with Crippen molar-refractivity contribution >= 4 is 46.4 Å². The highest BCUT2D eigenvalue weighted by Crippen LogP contribution is 2.30. The molecule has 1 fully saturated rings. The molecule has 2 aromatic rings. The molecule has 0 amide bonds. The zero-order valence-corrected chi connectivity index (χ0v) is 21.0. The van der Waals surface area contributed by atoms with Gasteiger partial charge in [0.05, 0.1) is 5.69 Å². The molecule has 1 aliphatic heterocycles. The standard InChI is InChI=1S/C21H22F3N3O2S.C4H4O4/c1-27-11-9-14(10-12-27)19(28)15-5-4-6-16(13-15)25-20(30)26-17-7-2-3-8-18(17)29-21(22,23)24;5-3(6)1-2-4(7)8/h2-8,13-14H,9-12H2,1H3,(H2,25,26,30);1-2H,(H,5,6)(H,7,8)/b;2-1+. The van der Waals surface area contributed by atoms with Crippen LogP contribution in [0.1, 0.15) is 23.2 Å². The Labute approximate surface area is 221 Å². The number of hydrogen-bond acceptors (Lipinski definition) is 6. The molecule has 1 aliphatic rings. The number of carbonyl (C=O) groups excluding carboxylic acids is 1. The average molecular weight is 554 g/mol. The number of nitrogens with one attached hydrogen (secondary N) is 2. The number of alkyl halides is 3. The molecule has 3 rings (SSSR count). The number of carboxylic acids is 2. The van der Waals surface area contributed by atoms with Gasteiger partial charge in [-0.1, -0.05) is 24.3 Å². The summed E-state index contributed by atoms with van der Waals surface area (Å²) >= 11 is 5.22. The minimum absolute atomic E-state index is 0.00655. The average Bonchev–Trinajstić information content (AvgIpc) is 2.84. The zero-order chi connectivity index (χ0) is 28.3. The van der Waals surface area contributed by atoms with Crippen molar-refractivity contribution in [2.24, 2.45) is 5.92 Å². The van der Waals surface area contributed by atoms with E-state index >= 15 is 0 Å². The minimum Gasteiger partial charge on any atom is -0.478 e. The fourth-order valence-electron chi connectivity index (χ4n) is 3.47. The van der Waals surface area contributed by atoms with Crippen molar-refractivity contribution in [1.82, 2.24) is 4.90 Å². The molecule has 0 bridgehead atoms. The predicted octanol–water partition coefficient (Wildman–Crippen LogP) is 4.63. The lowest BCUT2D eigenvalue weighted by atomic mass is 9.89. The van der Waals surface area contributed by atoms with Gasteiger partial charge in [-0.25, -0.2) is 9.59 Å². The highest BCUT2D eigenvalue weighted by molar-refractivity contribution is 7.80. The van der Waals surface area contributed by atoms with Crippen molar-refractivity contribution in [3.05, 3.63) is 66.2 Å². The number of ketones is 1. The third kappa shape index (κ3) is 11.0. The number of ether oxygens (including phenoxy) is 1. The number of carboxylic acid groups (broad SMARTS) is 2. The van der Waals surface area contributed by atoms with E-state index in [1.54, 1.807) is 30.3 Å². The van der Waals surface area contributed by atoms with Crippen molar-refractivity contribution in [2.75, 3.05) is 30.8 Å². The van der Waals surface area contributed by atoms with Crippen molar-refractivity contribution < 1.29 is 42.5 Å². The molecule has 0 radical (unpaired) electrons. The van der Waals surface area contributed by atoms with E-state index in [9.17, 15) is 27.6 Å². The molecule has 204 valence electrons. The number of halogens is 3. The number of likely N-dealkylation sites (tertiary alicyclic amines) is 1. The quantitative estimate of drug-likeness (QED) is 0.219. The van der Waals surface area contributed by atoms with Crippen molar-refractivity contribution in [3.63, 3.8) is 0 Å². The Balaban J connectivity index is 0.000000550. The summed E-state index contributed by atoms with van der Waals surface area (Å²) in [5.41, 5.74) is 1.23. The van der Waals surface area contributed by atoms with E-state index in [1.807, 2.05) is 7.05 Å². The summed E-state index contributed by atoms with van der Waals surface area (Å²) in [6.45, 7) is 1.78. The summed E-state index contributed by atoms with van der Waals surface area (Å²) in [6, 6.07) is 12.6. The van der Waals surface area contributed by atoms with Crippen LogP contribution >= 0.6 is 12.2 Å². The van der Waals surface area contributed by atoms with Gasteiger partial charge in [0.2, 0.25) is 0 Å². The number of nitrogens with zero attached hydrogens (tertiary/aromatic N) is 1. The van der Waals surface area contributed by atoms with Crippen LogP contribution in [0.25, 0.3) is 0 Å². The number of para-hydroxylation sites is 2. The van der Waals surface area contributed by atoms with Crippen LogP contribution in [0.5, 0.6) is 5.75 Å². The lowest BCUT2D eigenvalue weighted by molar-refractivity contribution is -0.274. The Morgan fingerprint density at radius 2 is 1.61 bits per heavy atom. The lowest BCUT2D eigenvalue weighted by Crippen LogP contribution is -2.33. The van der Waals surface area contributed by atoms with Gasteiger partial charge in [0, 0.05) is 29.3 Å². The van der Waals surface area contributed by atoms with Crippen LogP contribution in [-0.2, 0) is 9.59 Å². The highest BCUT2D eigenvalue weighted by Gasteiger charge is 2.32. The number of anilines is 2. The predicted molar refractivity (Wildman–Crippen MR) is 138 cm³/mol. The van der Waals surface area contributed by atoms with Gasteiger partial charge in [0.15, 0.2) is 16.6 Å². The minimum atomic E-state index is -4.81. The van der Waals surface area contributed by atoms with Crippen molar-refractivity contribution in [3.8, 4) is 5.75 Å². The maximum absolute atomic E-state index is 12.8. The van der Waals surface area contributed by atoms with Crippen LogP contribution in [0.4, 0.5) is 24.5 Å². The van der Waals surface area contributed by atoms with E-state index in [1.165, 1.54) is 18.2 Å². The number of aliphatic carboxylic acids is 2. The van der Waals surface area contributed by atoms with Crippen LogP contribution < -0.4 is 15.4 Å². The molecular formula is C25H26F3N3O6S. The van der Waals surface area contributed by atoms with Crippen LogP contribution in [-0.4, -0.2) is 64.4 Å². The topological polar surface area (TPSA) is 128 Å². The summed E-state index contributed by atoms with van der Waals surface area (Å²) < 4.78 is 41.7. The normalized spacial score (nSPS) is 14.2. The second-order valence-electron chi connectivity index (χ2n) is 8.16. The van der Waals surface area contributed by atoms with Gasteiger partial charge in [-0.2, -0.15) is 0 Å². The molecule has 2 aromatic carbocycles. The maximum atomic E-state index is 12.8. The molecule has 4 N–H and O–H groups in total. The molecular weight excluding hydrogens is 527 g/mol. The Kier molecular flexibility index (Phi) is 11.2. The number of hydrogen-bond donors (Lipinski definition) is 4. The molecule has 1 saturated heterocycles. The first-order chi connectivity index (χ1) is 17.8. The summed E-state index contributed by atoms with van der Waals surface area (Å²) in [4.78, 5) is 34.1. The first kappa shape index (κ1) is 30.3. The summed E-state index contributed by atoms with van der Waals surface area (Å²) in [5.74, 6) is -2.82. The Bertz CT molecular complexity index is 1160. The lowest BCUT2D eigenvalue weighted by Gasteiger charge is -2.28. The molecule has 0 aliphatic carbocycles. The number of carbonyl (C=O) groups is 3. The molecule has 0 spiro atoms. The van der Waals surface area contributed by atoms with E-state index in [4.69, 9.17) is 22.4 Å². The van der Waals surface area contributed by atoms with Gasteiger partial charge in [0.1, 0.15) is 0 Å². The smallest absolute Gasteiger partial charge is 0.478 e. The monoisotopic (exact) mass is 553 g/mol. The second-order valence-corrected chi connectivity index (χ2v) is 8.56. The number of benzene rings is 2. The number of piperidine rings is 1. The molecule has 13 heteroatoms. The highest BCUT2D eigenvalue weighted by atomic mass is 32.1. The third-order valence-electron chi connectivity index (χ3n) is 5.22. The molecule has 9 nitrogen and oxygen atoms in total. The third-order valence-corrected chi connectivity index (χ3v) is 5.43. The largest absolute Gasteiger partial charge is 0.573 e. The molecule has 0 unspecified atom stereocenters. The van der Waals surface area contributed by atoms with Crippen LogP contribution in [0.3, 0.4) is 0 Å². The van der Waals surface area contributed by atoms with Gasteiger partial charge in [-0.15, -0.1) is 13.2 Å². The van der Waals surface area contributed by atoms with Crippen LogP contribution in [0, 0.1) is 5.92 Å². The van der Waals surface area contributed by atoms with Crippen molar-refractivity contribution in [1.29, 1.82) is 0 Å². The van der Waals surface area contributed by atoms with Crippen LogP contribution in [0.2, 0.25) is 0 Å². The molecule has 1 heterocycles. The summed E-state index contributed by atoms with van der Waals surface area (Å²) in [6.07, 6.45) is -2.05. The number of rotatable bonds is 7. The molecule has 0 atom stereocenters. The zero-order valence-electron chi connectivity index (χ0n) is 20.2. The van der Waals surface area contributed by atoms with E-state index in [0.717, 1.165) is 25.9 Å². The van der Waals surface area contributed by atoms with Crippen LogP contribution in [0.15, 0.2) is 60.7 Å².